The highest BCUT2D eigenvalue weighted by Crippen LogP contribution is 2.35. The van der Waals surface area contributed by atoms with Crippen LogP contribution in [0.3, 0.4) is 0 Å². The van der Waals surface area contributed by atoms with E-state index in [1.165, 1.54) is 5.41 Å². The average molecular weight is 252 g/mol. The van der Waals surface area contributed by atoms with E-state index < -0.39 is 9.84 Å². The fourth-order valence-electron chi connectivity index (χ4n) is 2.11. The summed E-state index contributed by atoms with van der Waals surface area (Å²) in [4.78, 5) is 2.34. The van der Waals surface area contributed by atoms with Gasteiger partial charge in [-0.15, -0.1) is 0 Å². The first kappa shape index (κ1) is 12.3. The Morgan fingerprint density at radius 3 is 2.59 bits per heavy atom. The quantitative estimate of drug-likeness (QED) is 0.865. The molecule has 4 nitrogen and oxygen atoms in total. The minimum atomic E-state index is -3.31. The van der Waals surface area contributed by atoms with E-state index in [2.05, 4.69) is 0 Å². The van der Waals surface area contributed by atoms with E-state index in [4.69, 9.17) is 5.73 Å². The van der Waals surface area contributed by atoms with Crippen molar-refractivity contribution in [1.82, 2.24) is 4.90 Å². The molecule has 0 fully saturated rings. The zero-order chi connectivity index (χ0) is 12.6. The second-order valence-corrected chi connectivity index (χ2v) is 6.16. The molecule has 0 aromatic heterocycles. The Kier molecular flexibility index (Phi) is 3.07. The maximum absolute atomic E-state index is 12.1. The van der Waals surface area contributed by atoms with Crippen LogP contribution in [0.25, 0.3) is 5.57 Å². The van der Waals surface area contributed by atoms with Crippen molar-refractivity contribution in [3.8, 4) is 0 Å². The molecule has 1 heterocycles. The second-order valence-electron chi connectivity index (χ2n) is 4.42. The molecule has 0 spiro atoms. The number of hydrogen-bond donors (Lipinski definition) is 1. The molecule has 1 aliphatic rings. The lowest BCUT2D eigenvalue weighted by molar-refractivity contribution is 0.463. The van der Waals surface area contributed by atoms with Gasteiger partial charge in [-0.2, -0.15) is 0 Å². The second kappa shape index (κ2) is 4.25. The van der Waals surface area contributed by atoms with E-state index in [9.17, 15) is 8.42 Å². The molecular formula is C12H16N2O2S. The monoisotopic (exact) mass is 252 g/mol. The van der Waals surface area contributed by atoms with Crippen molar-refractivity contribution in [3.63, 3.8) is 0 Å². The van der Waals surface area contributed by atoms with Gasteiger partial charge in [-0.1, -0.05) is 18.2 Å². The van der Waals surface area contributed by atoms with Crippen LogP contribution in [0.1, 0.15) is 11.1 Å². The van der Waals surface area contributed by atoms with Gasteiger partial charge in [-0.25, -0.2) is 8.42 Å². The lowest BCUT2D eigenvalue weighted by atomic mass is 10.0. The zero-order valence-electron chi connectivity index (χ0n) is 9.97. The Morgan fingerprint density at radius 2 is 2.00 bits per heavy atom. The van der Waals surface area contributed by atoms with Crippen LogP contribution in [0.5, 0.6) is 0 Å². The van der Waals surface area contributed by atoms with Gasteiger partial charge in [0.05, 0.1) is 4.90 Å². The minimum absolute atomic E-state index is 0.242. The number of likely N-dealkylation sites (N-methyl/N-ethyl adjacent to an activating group) is 1. The molecule has 0 atom stereocenters. The molecule has 0 unspecified atom stereocenters. The predicted octanol–water partition coefficient (Wildman–Crippen LogP) is 0.835. The van der Waals surface area contributed by atoms with Crippen molar-refractivity contribution in [2.75, 3.05) is 20.6 Å². The van der Waals surface area contributed by atoms with Gasteiger partial charge in [0.25, 0.3) is 0 Å². The summed E-state index contributed by atoms with van der Waals surface area (Å²) in [6.45, 7) is 0.853. The van der Waals surface area contributed by atoms with Crippen molar-refractivity contribution in [2.24, 2.45) is 5.73 Å². The Balaban J connectivity index is 2.60. The number of rotatable bonds is 3. The Morgan fingerprint density at radius 1 is 1.29 bits per heavy atom. The van der Waals surface area contributed by atoms with Crippen LogP contribution in [0.4, 0.5) is 0 Å². The molecule has 0 bridgehead atoms. The SMILES string of the molecule is CN(C)CC1=CS(=O)(=O)c2c(CN)cccc21. The maximum Gasteiger partial charge on any atom is 0.201 e. The molecule has 2 rings (SSSR count). The summed E-state index contributed by atoms with van der Waals surface area (Å²) in [6, 6.07) is 5.46. The number of sulfone groups is 1. The van der Waals surface area contributed by atoms with E-state index in [0.29, 0.717) is 17.0 Å². The number of hydrogen-bond acceptors (Lipinski definition) is 4. The molecule has 2 N–H and O–H groups in total. The van der Waals surface area contributed by atoms with Crippen LogP contribution < -0.4 is 5.73 Å². The Labute approximate surface area is 102 Å². The topological polar surface area (TPSA) is 63.4 Å². The van der Waals surface area contributed by atoms with Crippen LogP contribution in [0.2, 0.25) is 0 Å². The first-order valence-corrected chi connectivity index (χ1v) is 6.93. The molecule has 0 aliphatic carbocycles. The molecule has 0 radical (unpaired) electrons. The summed E-state index contributed by atoms with van der Waals surface area (Å²) in [6.07, 6.45) is 0. The molecule has 92 valence electrons. The minimum Gasteiger partial charge on any atom is -0.326 e. The number of fused-ring (bicyclic) bond motifs is 1. The molecule has 5 heteroatoms. The summed E-state index contributed by atoms with van der Waals surface area (Å²) in [5.74, 6) is 0. The summed E-state index contributed by atoms with van der Waals surface area (Å²) < 4.78 is 24.1. The summed E-state index contributed by atoms with van der Waals surface area (Å²) in [7, 11) is 0.518. The molecule has 0 saturated heterocycles. The van der Waals surface area contributed by atoms with Crippen molar-refractivity contribution in [3.05, 3.63) is 34.7 Å². The van der Waals surface area contributed by atoms with E-state index in [0.717, 1.165) is 11.1 Å². The van der Waals surface area contributed by atoms with Crippen LogP contribution in [-0.4, -0.2) is 34.0 Å². The molecule has 1 aromatic carbocycles. The maximum atomic E-state index is 12.1. The molecule has 17 heavy (non-hydrogen) atoms. The molecular weight excluding hydrogens is 236 g/mol. The van der Waals surface area contributed by atoms with E-state index in [-0.39, 0.29) is 6.54 Å². The predicted molar refractivity (Wildman–Crippen MR) is 68.1 cm³/mol. The van der Waals surface area contributed by atoms with E-state index >= 15 is 0 Å². The third-order valence-corrected chi connectivity index (χ3v) is 4.38. The summed E-state index contributed by atoms with van der Waals surface area (Å²) in [5.41, 5.74) is 7.91. The van der Waals surface area contributed by atoms with Gasteiger partial charge < -0.3 is 10.6 Å². The van der Waals surface area contributed by atoms with Crippen molar-refractivity contribution in [2.45, 2.75) is 11.4 Å². The van der Waals surface area contributed by atoms with Crippen LogP contribution in [0.15, 0.2) is 28.5 Å². The summed E-state index contributed by atoms with van der Waals surface area (Å²) >= 11 is 0. The third kappa shape index (κ3) is 2.13. The summed E-state index contributed by atoms with van der Waals surface area (Å²) in [5, 5.41) is 1.36. The van der Waals surface area contributed by atoms with Crippen molar-refractivity contribution >= 4 is 15.4 Å². The van der Waals surface area contributed by atoms with Gasteiger partial charge in [0.2, 0.25) is 9.84 Å². The fraction of sp³-hybridized carbons (Fsp3) is 0.333. The van der Waals surface area contributed by atoms with Gasteiger partial charge in [0.1, 0.15) is 0 Å². The smallest absolute Gasteiger partial charge is 0.201 e. The van der Waals surface area contributed by atoms with Crippen LogP contribution in [0, 0.1) is 0 Å². The highest BCUT2D eigenvalue weighted by molar-refractivity contribution is 7.95. The Bertz CT molecular complexity index is 574. The number of benzene rings is 1. The van der Waals surface area contributed by atoms with Gasteiger partial charge >= 0.3 is 0 Å². The van der Waals surface area contributed by atoms with Crippen molar-refractivity contribution < 1.29 is 8.42 Å². The van der Waals surface area contributed by atoms with Crippen LogP contribution in [-0.2, 0) is 16.4 Å². The van der Waals surface area contributed by atoms with E-state index in [1.54, 1.807) is 6.07 Å². The zero-order valence-corrected chi connectivity index (χ0v) is 10.8. The fourth-order valence-corrected chi connectivity index (χ4v) is 3.82. The number of nitrogens with zero attached hydrogens (tertiary/aromatic N) is 1. The Hall–Kier alpha value is -1.17. The largest absolute Gasteiger partial charge is 0.326 e. The molecule has 1 aliphatic heterocycles. The normalized spacial score (nSPS) is 17.1. The highest BCUT2D eigenvalue weighted by Gasteiger charge is 2.29. The van der Waals surface area contributed by atoms with Gasteiger partial charge in [-0.05, 0) is 30.8 Å². The van der Waals surface area contributed by atoms with Gasteiger partial charge in [-0.3, -0.25) is 0 Å². The van der Waals surface area contributed by atoms with Crippen LogP contribution >= 0.6 is 0 Å². The molecule has 0 saturated carbocycles. The van der Waals surface area contributed by atoms with Gasteiger partial charge in [0.15, 0.2) is 0 Å². The van der Waals surface area contributed by atoms with Crippen molar-refractivity contribution in [1.29, 1.82) is 0 Å². The van der Waals surface area contributed by atoms with Gasteiger partial charge in [0, 0.05) is 18.5 Å². The third-order valence-electron chi connectivity index (χ3n) is 2.73. The molecule has 1 aromatic rings. The standard InChI is InChI=1S/C12H16N2O2S/c1-14(2)7-10-8-17(15,16)12-9(6-13)4-3-5-11(10)12/h3-5,8H,6-7,13H2,1-2H3. The van der Waals surface area contributed by atoms with E-state index in [1.807, 2.05) is 31.1 Å². The lowest BCUT2D eigenvalue weighted by Crippen LogP contribution is -2.14. The molecule has 0 amide bonds. The number of nitrogens with two attached hydrogens (primary N) is 1. The lowest BCUT2D eigenvalue weighted by Gasteiger charge is -2.12. The highest BCUT2D eigenvalue weighted by atomic mass is 32.2. The average Bonchev–Trinajstić information content (AvgIpc) is 2.50. The first-order valence-electron chi connectivity index (χ1n) is 5.38. The first-order chi connectivity index (χ1) is 7.95.